The zero-order valence-corrected chi connectivity index (χ0v) is 13.4. The Hall–Kier alpha value is -1.84. The Morgan fingerprint density at radius 3 is 2.55 bits per heavy atom. The number of carbonyl (C=O) groups is 2. The van der Waals surface area contributed by atoms with E-state index in [9.17, 15) is 9.59 Å². The molecule has 4 heteroatoms. The third-order valence-corrected chi connectivity index (χ3v) is 4.35. The molecular formula is C18H25NO3. The summed E-state index contributed by atoms with van der Waals surface area (Å²) in [5, 5.41) is 2.91. The van der Waals surface area contributed by atoms with Gasteiger partial charge < -0.3 is 10.1 Å². The second-order valence-corrected chi connectivity index (χ2v) is 5.93. The fraction of sp³-hybridized carbons (Fsp3) is 0.556. The number of anilines is 1. The number of carbonyl (C=O) groups excluding carboxylic acids is 2. The molecule has 1 atom stereocenters. The van der Waals surface area contributed by atoms with Crippen molar-refractivity contribution in [2.75, 3.05) is 11.9 Å². The maximum absolute atomic E-state index is 12.7. The fourth-order valence-corrected chi connectivity index (χ4v) is 3.14. The maximum atomic E-state index is 12.7. The van der Waals surface area contributed by atoms with E-state index >= 15 is 0 Å². The average molecular weight is 303 g/mol. The van der Waals surface area contributed by atoms with Crippen molar-refractivity contribution >= 4 is 17.6 Å². The van der Waals surface area contributed by atoms with Crippen molar-refractivity contribution in [3.05, 3.63) is 29.8 Å². The Morgan fingerprint density at radius 1 is 1.23 bits per heavy atom. The van der Waals surface area contributed by atoms with Gasteiger partial charge in [-0.2, -0.15) is 0 Å². The van der Waals surface area contributed by atoms with E-state index in [1.165, 1.54) is 6.42 Å². The Labute approximate surface area is 132 Å². The molecule has 4 nitrogen and oxygen atoms in total. The summed E-state index contributed by atoms with van der Waals surface area (Å²) in [5.74, 6) is -1.23. The van der Waals surface area contributed by atoms with Crippen LogP contribution in [-0.2, 0) is 14.3 Å². The van der Waals surface area contributed by atoms with Gasteiger partial charge in [0.05, 0.1) is 6.61 Å². The van der Waals surface area contributed by atoms with Crippen LogP contribution in [0.1, 0.15) is 44.6 Å². The average Bonchev–Trinajstić information content (AvgIpc) is 2.51. The molecule has 0 radical (unpaired) electrons. The molecule has 1 aliphatic rings. The lowest BCUT2D eigenvalue weighted by molar-refractivity contribution is -0.153. The molecule has 22 heavy (non-hydrogen) atoms. The minimum absolute atomic E-state index is 0.0943. The molecular weight excluding hydrogens is 278 g/mol. The van der Waals surface area contributed by atoms with E-state index in [-0.39, 0.29) is 17.8 Å². The van der Waals surface area contributed by atoms with Crippen LogP contribution < -0.4 is 5.32 Å². The second-order valence-electron chi connectivity index (χ2n) is 5.93. The van der Waals surface area contributed by atoms with Crippen LogP contribution in [0, 0.1) is 18.8 Å². The van der Waals surface area contributed by atoms with Crippen LogP contribution >= 0.6 is 0 Å². The van der Waals surface area contributed by atoms with E-state index in [2.05, 4.69) is 5.32 Å². The highest BCUT2D eigenvalue weighted by Crippen LogP contribution is 2.32. The van der Waals surface area contributed by atoms with Crippen molar-refractivity contribution in [3.63, 3.8) is 0 Å². The van der Waals surface area contributed by atoms with E-state index in [0.29, 0.717) is 6.61 Å². The summed E-state index contributed by atoms with van der Waals surface area (Å²) in [4.78, 5) is 24.9. The van der Waals surface area contributed by atoms with Gasteiger partial charge in [0, 0.05) is 5.69 Å². The van der Waals surface area contributed by atoms with Crippen LogP contribution in [0.15, 0.2) is 24.3 Å². The molecule has 1 aromatic carbocycles. The predicted octanol–water partition coefficient (Wildman–Crippen LogP) is 3.69. The van der Waals surface area contributed by atoms with E-state index in [4.69, 9.17) is 4.74 Å². The smallest absolute Gasteiger partial charge is 0.318 e. The normalized spacial score (nSPS) is 16.8. The summed E-state index contributed by atoms with van der Waals surface area (Å²) >= 11 is 0. The molecule has 1 fully saturated rings. The first-order valence-corrected chi connectivity index (χ1v) is 8.16. The van der Waals surface area contributed by atoms with Gasteiger partial charge in [-0.25, -0.2) is 0 Å². The summed E-state index contributed by atoms with van der Waals surface area (Å²) in [5.41, 5.74) is 1.75. The molecule has 0 unspecified atom stereocenters. The number of rotatable bonds is 5. The minimum Gasteiger partial charge on any atom is -0.465 e. The van der Waals surface area contributed by atoms with Crippen molar-refractivity contribution in [2.45, 2.75) is 46.0 Å². The fourth-order valence-electron chi connectivity index (χ4n) is 3.14. The van der Waals surface area contributed by atoms with Gasteiger partial charge in [0.1, 0.15) is 5.92 Å². The van der Waals surface area contributed by atoms with Crippen molar-refractivity contribution in [1.82, 2.24) is 0 Å². The Bertz CT molecular complexity index is 521. The number of aryl methyl sites for hydroxylation is 1. The third-order valence-electron chi connectivity index (χ3n) is 4.35. The lowest BCUT2D eigenvalue weighted by Crippen LogP contribution is -2.38. The molecule has 1 aromatic rings. The molecule has 0 bridgehead atoms. The van der Waals surface area contributed by atoms with Gasteiger partial charge in [-0.3, -0.25) is 9.59 Å². The summed E-state index contributed by atoms with van der Waals surface area (Å²) < 4.78 is 5.15. The number of ether oxygens (including phenoxy) is 1. The number of para-hydroxylation sites is 1. The summed E-state index contributed by atoms with van der Waals surface area (Å²) in [6.07, 6.45) is 5.19. The molecule has 0 aliphatic heterocycles. The van der Waals surface area contributed by atoms with Crippen molar-refractivity contribution in [2.24, 2.45) is 11.8 Å². The van der Waals surface area contributed by atoms with E-state index in [1.54, 1.807) is 6.92 Å². The number of nitrogens with one attached hydrogen (secondary N) is 1. The number of hydrogen-bond acceptors (Lipinski definition) is 3. The number of hydrogen-bond donors (Lipinski definition) is 1. The first-order valence-electron chi connectivity index (χ1n) is 8.16. The van der Waals surface area contributed by atoms with E-state index in [0.717, 1.165) is 36.9 Å². The van der Waals surface area contributed by atoms with Gasteiger partial charge >= 0.3 is 5.97 Å². The molecule has 1 amide bonds. The molecule has 1 saturated carbocycles. The molecule has 0 spiro atoms. The van der Waals surface area contributed by atoms with E-state index in [1.807, 2.05) is 31.2 Å². The SMILES string of the molecule is CCOC(=O)[C@@H](C(=O)Nc1ccccc1C)C1CCCCC1. The Kier molecular flexibility index (Phi) is 5.99. The first-order chi connectivity index (χ1) is 10.6. The van der Waals surface area contributed by atoms with Gasteiger partial charge in [-0.15, -0.1) is 0 Å². The predicted molar refractivity (Wildman–Crippen MR) is 86.5 cm³/mol. The largest absolute Gasteiger partial charge is 0.465 e. The quantitative estimate of drug-likeness (QED) is 0.666. The Morgan fingerprint density at radius 2 is 1.91 bits per heavy atom. The highest BCUT2D eigenvalue weighted by atomic mass is 16.5. The molecule has 1 aliphatic carbocycles. The Balaban J connectivity index is 2.14. The molecule has 120 valence electrons. The topological polar surface area (TPSA) is 55.4 Å². The van der Waals surface area contributed by atoms with Gasteiger partial charge in [-0.1, -0.05) is 37.5 Å². The summed E-state index contributed by atoms with van der Waals surface area (Å²) in [6, 6.07) is 7.60. The monoisotopic (exact) mass is 303 g/mol. The molecule has 1 N–H and O–H groups in total. The lowest BCUT2D eigenvalue weighted by Gasteiger charge is -2.28. The highest BCUT2D eigenvalue weighted by Gasteiger charge is 2.36. The van der Waals surface area contributed by atoms with Crippen LogP contribution in [0.3, 0.4) is 0 Å². The third kappa shape index (κ3) is 4.09. The zero-order valence-electron chi connectivity index (χ0n) is 13.4. The van der Waals surface area contributed by atoms with Crippen LogP contribution in [-0.4, -0.2) is 18.5 Å². The number of amides is 1. The van der Waals surface area contributed by atoms with Crippen molar-refractivity contribution < 1.29 is 14.3 Å². The second kappa shape index (κ2) is 7.97. The van der Waals surface area contributed by atoms with Crippen LogP contribution in [0.4, 0.5) is 5.69 Å². The first kappa shape index (κ1) is 16.5. The van der Waals surface area contributed by atoms with Gasteiger partial charge in [0.2, 0.25) is 5.91 Å². The number of benzene rings is 1. The lowest BCUT2D eigenvalue weighted by atomic mass is 9.79. The van der Waals surface area contributed by atoms with Gasteiger partial charge in [0.25, 0.3) is 0 Å². The van der Waals surface area contributed by atoms with Crippen LogP contribution in [0.25, 0.3) is 0 Å². The molecule has 0 aromatic heterocycles. The summed E-state index contributed by atoms with van der Waals surface area (Å²) in [6.45, 7) is 4.02. The van der Waals surface area contributed by atoms with Crippen LogP contribution in [0.2, 0.25) is 0 Å². The number of esters is 1. The zero-order chi connectivity index (χ0) is 15.9. The van der Waals surface area contributed by atoms with E-state index < -0.39 is 5.92 Å². The highest BCUT2D eigenvalue weighted by molar-refractivity contribution is 6.05. The molecule has 0 saturated heterocycles. The molecule has 2 rings (SSSR count). The molecule has 0 heterocycles. The van der Waals surface area contributed by atoms with Gasteiger partial charge in [0.15, 0.2) is 0 Å². The summed E-state index contributed by atoms with van der Waals surface area (Å²) in [7, 11) is 0. The van der Waals surface area contributed by atoms with Crippen molar-refractivity contribution in [3.8, 4) is 0 Å². The maximum Gasteiger partial charge on any atom is 0.318 e. The standard InChI is InChI=1S/C18H25NO3/c1-3-22-18(21)16(14-10-5-4-6-11-14)17(20)19-15-12-8-7-9-13(15)2/h7-9,12,14,16H,3-6,10-11H2,1-2H3,(H,19,20)/t16-/m1/s1. The van der Waals surface area contributed by atoms with Gasteiger partial charge in [-0.05, 0) is 44.2 Å². The van der Waals surface area contributed by atoms with Crippen LogP contribution in [0.5, 0.6) is 0 Å². The van der Waals surface area contributed by atoms with Crippen molar-refractivity contribution in [1.29, 1.82) is 0 Å². The minimum atomic E-state index is -0.695.